The zero-order valence-electron chi connectivity index (χ0n) is 24.0. The third-order valence-electron chi connectivity index (χ3n) is 7.14. The van der Waals surface area contributed by atoms with Gasteiger partial charge in [0.05, 0.1) is 23.4 Å². The molecule has 10 nitrogen and oxygen atoms in total. The first-order valence-corrected chi connectivity index (χ1v) is 14.0. The fraction of sp³-hybridized carbons (Fsp3) is 0.467. The molecule has 0 radical (unpaired) electrons. The number of aromatic nitrogens is 6. The summed E-state index contributed by atoms with van der Waals surface area (Å²) in [6, 6.07) is 7.88. The van der Waals surface area contributed by atoms with Gasteiger partial charge in [-0.05, 0) is 81.7 Å². The molecule has 0 atom stereocenters. The van der Waals surface area contributed by atoms with Crippen molar-refractivity contribution < 1.29 is 9.53 Å². The first-order valence-electron chi connectivity index (χ1n) is 14.0. The molecule has 0 spiro atoms. The summed E-state index contributed by atoms with van der Waals surface area (Å²) in [4.78, 5) is 23.5. The molecule has 0 aromatic carbocycles. The Morgan fingerprint density at radius 1 is 1.05 bits per heavy atom. The van der Waals surface area contributed by atoms with Crippen molar-refractivity contribution in [3.8, 4) is 11.1 Å². The molecule has 10 heteroatoms. The Balaban J connectivity index is 1.19. The maximum Gasteiger partial charge on any atom is 0.410 e. The minimum absolute atomic E-state index is 0.210. The average molecular weight is 543 g/mol. The Labute approximate surface area is 235 Å². The van der Waals surface area contributed by atoms with Gasteiger partial charge in [-0.25, -0.2) is 9.78 Å². The minimum Gasteiger partial charge on any atom is -0.444 e. The largest absolute Gasteiger partial charge is 0.444 e. The average Bonchev–Trinajstić information content (AvgIpc) is 3.40. The van der Waals surface area contributed by atoms with Crippen molar-refractivity contribution >= 4 is 28.8 Å². The van der Waals surface area contributed by atoms with E-state index in [1.54, 1.807) is 6.20 Å². The quantitative estimate of drug-likeness (QED) is 0.294. The van der Waals surface area contributed by atoms with E-state index >= 15 is 0 Å². The van der Waals surface area contributed by atoms with Gasteiger partial charge in [-0.15, -0.1) is 5.10 Å². The standard InChI is InChI=1S/C30H38N8O2/c1-20(2)22-15-28(36-32-17-22)35-27-7-6-25-26(34-27)14-23(16-31-25)24-18-33-38(19-24)13-10-21-8-11-37(12-9-21)29(39)40-30(3,4)5/h6-7,14-21H,8-13H2,1-5H3,(H,34,35,36). The third kappa shape index (κ3) is 6.91. The number of pyridine rings is 2. The van der Waals surface area contributed by atoms with E-state index in [1.165, 1.54) is 0 Å². The molecule has 4 aromatic rings. The summed E-state index contributed by atoms with van der Waals surface area (Å²) in [5.41, 5.74) is 4.24. The van der Waals surface area contributed by atoms with Crippen molar-refractivity contribution in [1.82, 2.24) is 34.8 Å². The molecule has 210 valence electrons. The Kier molecular flexibility index (Phi) is 7.95. The third-order valence-corrected chi connectivity index (χ3v) is 7.14. The number of hydrogen-bond donors (Lipinski definition) is 1. The first kappa shape index (κ1) is 27.5. The van der Waals surface area contributed by atoms with Gasteiger partial charge in [-0.3, -0.25) is 9.67 Å². The molecule has 5 heterocycles. The summed E-state index contributed by atoms with van der Waals surface area (Å²) in [5, 5.41) is 16.2. The molecule has 40 heavy (non-hydrogen) atoms. The Bertz CT molecular complexity index is 1470. The lowest BCUT2D eigenvalue weighted by Crippen LogP contribution is -2.41. The van der Waals surface area contributed by atoms with Crippen molar-refractivity contribution in [2.24, 2.45) is 5.92 Å². The number of amides is 1. The van der Waals surface area contributed by atoms with Crippen molar-refractivity contribution in [2.45, 2.75) is 71.9 Å². The van der Waals surface area contributed by atoms with E-state index in [9.17, 15) is 4.79 Å². The summed E-state index contributed by atoms with van der Waals surface area (Å²) in [7, 11) is 0. The second-order valence-corrected chi connectivity index (χ2v) is 11.8. The maximum absolute atomic E-state index is 12.3. The highest BCUT2D eigenvalue weighted by Gasteiger charge is 2.26. The van der Waals surface area contributed by atoms with E-state index in [0.29, 0.717) is 23.5 Å². The minimum atomic E-state index is -0.462. The molecule has 1 aliphatic rings. The van der Waals surface area contributed by atoms with Gasteiger partial charge in [0.1, 0.15) is 11.4 Å². The smallest absolute Gasteiger partial charge is 0.410 e. The molecule has 5 rings (SSSR count). The van der Waals surface area contributed by atoms with E-state index in [1.807, 2.05) is 67.0 Å². The van der Waals surface area contributed by atoms with Gasteiger partial charge in [-0.1, -0.05) is 13.8 Å². The van der Waals surface area contributed by atoms with Crippen LogP contribution in [0.25, 0.3) is 22.2 Å². The molecular formula is C30H38N8O2. The van der Waals surface area contributed by atoms with E-state index in [0.717, 1.165) is 66.6 Å². The number of ether oxygens (including phenoxy) is 1. The van der Waals surface area contributed by atoms with E-state index in [-0.39, 0.29) is 6.09 Å². The molecular weight excluding hydrogens is 504 g/mol. The molecule has 1 N–H and O–H groups in total. The van der Waals surface area contributed by atoms with E-state index in [4.69, 9.17) is 9.72 Å². The molecule has 1 saturated heterocycles. The predicted octanol–water partition coefficient (Wildman–Crippen LogP) is 6.19. The first-order chi connectivity index (χ1) is 19.1. The fourth-order valence-corrected chi connectivity index (χ4v) is 4.80. The number of aryl methyl sites for hydroxylation is 1. The monoisotopic (exact) mass is 542 g/mol. The zero-order chi connectivity index (χ0) is 28.3. The van der Waals surface area contributed by atoms with Gasteiger partial charge in [0, 0.05) is 43.2 Å². The molecule has 0 bridgehead atoms. The summed E-state index contributed by atoms with van der Waals surface area (Å²) in [6.07, 6.45) is 10.4. The van der Waals surface area contributed by atoms with Crippen LogP contribution in [0.4, 0.5) is 16.4 Å². The van der Waals surface area contributed by atoms with Crippen LogP contribution in [0.3, 0.4) is 0 Å². The van der Waals surface area contributed by atoms with Gasteiger partial charge >= 0.3 is 6.09 Å². The SMILES string of the molecule is CC(C)c1cnnc(Nc2ccc3ncc(-c4cnn(CCC5CCN(C(=O)OC(C)(C)C)CC5)c4)cc3n2)c1. The van der Waals surface area contributed by atoms with Crippen LogP contribution in [0.5, 0.6) is 0 Å². The summed E-state index contributed by atoms with van der Waals surface area (Å²) < 4.78 is 7.50. The van der Waals surface area contributed by atoms with Crippen molar-refractivity contribution in [2.75, 3.05) is 18.4 Å². The number of likely N-dealkylation sites (tertiary alicyclic amines) is 1. The van der Waals surface area contributed by atoms with Gasteiger partial charge in [-0.2, -0.15) is 10.2 Å². The van der Waals surface area contributed by atoms with Crippen LogP contribution in [-0.4, -0.2) is 59.6 Å². The molecule has 1 amide bonds. The van der Waals surface area contributed by atoms with Gasteiger partial charge in [0.15, 0.2) is 5.82 Å². The highest BCUT2D eigenvalue weighted by atomic mass is 16.6. The lowest BCUT2D eigenvalue weighted by molar-refractivity contribution is 0.0179. The number of fused-ring (bicyclic) bond motifs is 1. The van der Waals surface area contributed by atoms with Crippen LogP contribution in [0.2, 0.25) is 0 Å². The van der Waals surface area contributed by atoms with Crippen molar-refractivity contribution in [3.63, 3.8) is 0 Å². The zero-order valence-corrected chi connectivity index (χ0v) is 24.0. The summed E-state index contributed by atoms with van der Waals surface area (Å²) >= 11 is 0. The van der Waals surface area contributed by atoms with Gasteiger partial charge < -0.3 is 15.0 Å². The summed E-state index contributed by atoms with van der Waals surface area (Å²) in [5.74, 6) is 2.29. The maximum atomic E-state index is 12.3. The second-order valence-electron chi connectivity index (χ2n) is 11.8. The lowest BCUT2D eigenvalue weighted by Gasteiger charge is -2.33. The van der Waals surface area contributed by atoms with Crippen LogP contribution in [-0.2, 0) is 11.3 Å². The number of piperidine rings is 1. The number of nitrogens with one attached hydrogen (secondary N) is 1. The Morgan fingerprint density at radius 2 is 1.85 bits per heavy atom. The highest BCUT2D eigenvalue weighted by molar-refractivity contribution is 5.81. The molecule has 0 unspecified atom stereocenters. The molecule has 4 aromatic heterocycles. The van der Waals surface area contributed by atoms with Gasteiger partial charge in [0.2, 0.25) is 0 Å². The Morgan fingerprint density at radius 3 is 2.60 bits per heavy atom. The van der Waals surface area contributed by atoms with Crippen molar-refractivity contribution in [3.05, 3.63) is 54.6 Å². The normalized spacial score (nSPS) is 14.6. The molecule has 0 aliphatic carbocycles. The number of nitrogens with zero attached hydrogens (tertiary/aromatic N) is 7. The van der Waals surface area contributed by atoms with Crippen LogP contribution >= 0.6 is 0 Å². The van der Waals surface area contributed by atoms with E-state index < -0.39 is 5.60 Å². The second kappa shape index (κ2) is 11.6. The van der Waals surface area contributed by atoms with Crippen molar-refractivity contribution in [1.29, 1.82) is 0 Å². The number of carbonyl (C=O) groups excluding carboxylic acids is 1. The lowest BCUT2D eigenvalue weighted by atomic mass is 9.94. The van der Waals surface area contributed by atoms with Crippen LogP contribution < -0.4 is 5.32 Å². The number of carbonyl (C=O) groups is 1. The van der Waals surface area contributed by atoms with Crippen LogP contribution in [0.15, 0.2) is 49.1 Å². The van der Waals surface area contributed by atoms with Crippen LogP contribution in [0.1, 0.15) is 65.4 Å². The number of anilines is 2. The Hall–Kier alpha value is -4.08. The molecule has 1 aliphatic heterocycles. The van der Waals surface area contributed by atoms with E-state index in [2.05, 4.69) is 45.6 Å². The van der Waals surface area contributed by atoms with Crippen LogP contribution in [0, 0.1) is 5.92 Å². The fourth-order valence-electron chi connectivity index (χ4n) is 4.80. The topological polar surface area (TPSA) is 111 Å². The summed E-state index contributed by atoms with van der Waals surface area (Å²) in [6.45, 7) is 12.3. The van der Waals surface area contributed by atoms with Gasteiger partial charge in [0.25, 0.3) is 0 Å². The highest BCUT2D eigenvalue weighted by Crippen LogP contribution is 2.26. The number of rotatable bonds is 7. The predicted molar refractivity (Wildman–Crippen MR) is 155 cm³/mol. The molecule has 1 fully saturated rings. The molecule has 0 saturated carbocycles. The number of hydrogen-bond acceptors (Lipinski definition) is 8.